The zero-order valence-corrected chi connectivity index (χ0v) is 12.5. The van der Waals surface area contributed by atoms with E-state index in [1.54, 1.807) is 6.07 Å². The lowest BCUT2D eigenvalue weighted by Gasteiger charge is -2.35. The third-order valence-corrected chi connectivity index (χ3v) is 4.85. The van der Waals surface area contributed by atoms with Crippen molar-refractivity contribution in [3.8, 4) is 0 Å². The van der Waals surface area contributed by atoms with Crippen molar-refractivity contribution in [2.45, 2.75) is 39.2 Å². The van der Waals surface area contributed by atoms with Gasteiger partial charge in [0.15, 0.2) is 0 Å². The van der Waals surface area contributed by atoms with Gasteiger partial charge in [-0.25, -0.2) is 0 Å². The van der Waals surface area contributed by atoms with E-state index in [0.29, 0.717) is 16.0 Å². The van der Waals surface area contributed by atoms with Gasteiger partial charge in [0.25, 0.3) is 0 Å². The van der Waals surface area contributed by atoms with Crippen LogP contribution in [0, 0.1) is 17.8 Å². The van der Waals surface area contributed by atoms with E-state index in [1.165, 1.54) is 19.3 Å². The maximum Gasteiger partial charge on any atom is 0.0424 e. The first kappa shape index (κ1) is 14.2. The van der Waals surface area contributed by atoms with E-state index in [9.17, 15) is 0 Å². The van der Waals surface area contributed by atoms with Gasteiger partial charge in [0, 0.05) is 16.1 Å². The molecule has 1 saturated carbocycles. The molecule has 1 nitrogen and oxygen atoms in total. The minimum atomic E-state index is 0.0520. The molecule has 0 amide bonds. The molecular formula is C15H21Cl2N. The molecule has 0 saturated heterocycles. The van der Waals surface area contributed by atoms with Crippen LogP contribution in [0.1, 0.15) is 44.7 Å². The van der Waals surface area contributed by atoms with Crippen molar-refractivity contribution in [1.82, 2.24) is 0 Å². The van der Waals surface area contributed by atoms with Crippen molar-refractivity contribution in [2.24, 2.45) is 23.5 Å². The summed E-state index contributed by atoms with van der Waals surface area (Å²) in [6, 6.07) is 5.70. The molecule has 18 heavy (non-hydrogen) atoms. The first-order chi connectivity index (χ1) is 8.47. The average molecular weight is 286 g/mol. The van der Waals surface area contributed by atoms with Crippen LogP contribution >= 0.6 is 23.2 Å². The Bertz CT molecular complexity index is 399. The van der Waals surface area contributed by atoms with Crippen LogP contribution in [0.25, 0.3) is 0 Å². The molecule has 1 aromatic rings. The van der Waals surface area contributed by atoms with Crippen LogP contribution in [-0.4, -0.2) is 0 Å². The minimum Gasteiger partial charge on any atom is -0.324 e. The van der Waals surface area contributed by atoms with Gasteiger partial charge in [-0.05, 0) is 54.4 Å². The Kier molecular flexibility index (Phi) is 4.58. The molecule has 1 fully saturated rings. The van der Waals surface area contributed by atoms with Crippen molar-refractivity contribution >= 4 is 23.2 Å². The highest BCUT2D eigenvalue weighted by atomic mass is 35.5. The van der Waals surface area contributed by atoms with E-state index in [1.807, 2.05) is 12.1 Å². The summed E-state index contributed by atoms with van der Waals surface area (Å²) < 4.78 is 0. The topological polar surface area (TPSA) is 26.0 Å². The van der Waals surface area contributed by atoms with Gasteiger partial charge in [0.2, 0.25) is 0 Å². The summed E-state index contributed by atoms with van der Waals surface area (Å²) in [7, 11) is 0. The molecule has 0 radical (unpaired) electrons. The van der Waals surface area contributed by atoms with Crippen molar-refractivity contribution in [1.29, 1.82) is 0 Å². The molecule has 0 heterocycles. The first-order valence-corrected chi connectivity index (χ1v) is 7.44. The Labute approximate surface area is 120 Å². The summed E-state index contributed by atoms with van der Waals surface area (Å²) in [6.45, 7) is 4.66. The fraction of sp³-hybridized carbons (Fsp3) is 0.600. The van der Waals surface area contributed by atoms with Gasteiger partial charge >= 0.3 is 0 Å². The molecule has 0 bridgehead atoms. The van der Waals surface area contributed by atoms with Crippen LogP contribution in [-0.2, 0) is 0 Å². The first-order valence-electron chi connectivity index (χ1n) is 6.69. The zero-order chi connectivity index (χ0) is 13.3. The van der Waals surface area contributed by atoms with Gasteiger partial charge in [-0.1, -0.05) is 43.5 Å². The highest BCUT2D eigenvalue weighted by Gasteiger charge is 2.29. The van der Waals surface area contributed by atoms with Crippen LogP contribution in [0.4, 0.5) is 0 Å². The third kappa shape index (κ3) is 3.20. The third-order valence-electron chi connectivity index (χ3n) is 4.42. The highest BCUT2D eigenvalue weighted by Crippen LogP contribution is 2.39. The Morgan fingerprint density at radius 3 is 2.22 bits per heavy atom. The Morgan fingerprint density at radius 2 is 1.67 bits per heavy atom. The van der Waals surface area contributed by atoms with E-state index in [0.717, 1.165) is 17.4 Å². The lowest BCUT2D eigenvalue weighted by Crippen LogP contribution is -2.29. The zero-order valence-electron chi connectivity index (χ0n) is 11.0. The molecule has 4 atom stereocenters. The quantitative estimate of drug-likeness (QED) is 0.807. The smallest absolute Gasteiger partial charge is 0.0424 e. The second kappa shape index (κ2) is 5.81. The summed E-state index contributed by atoms with van der Waals surface area (Å²) in [5, 5.41) is 1.34. The van der Waals surface area contributed by atoms with Gasteiger partial charge in [0.05, 0.1) is 0 Å². The molecule has 0 spiro atoms. The van der Waals surface area contributed by atoms with Crippen molar-refractivity contribution in [3.05, 3.63) is 33.8 Å². The Morgan fingerprint density at radius 1 is 1.06 bits per heavy atom. The predicted octanol–water partition coefficient (Wildman–Crippen LogP) is 5.07. The van der Waals surface area contributed by atoms with Crippen LogP contribution in [0.3, 0.4) is 0 Å². The fourth-order valence-corrected chi connectivity index (χ4v) is 3.50. The molecule has 1 aliphatic carbocycles. The van der Waals surface area contributed by atoms with E-state index < -0.39 is 0 Å². The summed E-state index contributed by atoms with van der Waals surface area (Å²) in [5.74, 6) is 2.12. The normalized spacial score (nSPS) is 30.2. The number of nitrogens with two attached hydrogens (primary N) is 1. The number of halogens is 2. The largest absolute Gasteiger partial charge is 0.324 e. The maximum absolute atomic E-state index is 6.40. The molecular weight excluding hydrogens is 265 g/mol. The van der Waals surface area contributed by atoms with Crippen molar-refractivity contribution in [3.63, 3.8) is 0 Å². The fourth-order valence-electron chi connectivity index (χ4n) is 2.96. The minimum absolute atomic E-state index is 0.0520. The van der Waals surface area contributed by atoms with Crippen LogP contribution in [0.5, 0.6) is 0 Å². The average Bonchev–Trinajstić information content (AvgIpc) is 2.30. The summed E-state index contributed by atoms with van der Waals surface area (Å²) in [6.07, 6.45) is 3.68. The Hall–Kier alpha value is -0.240. The number of hydrogen-bond acceptors (Lipinski definition) is 1. The monoisotopic (exact) mass is 285 g/mol. The molecule has 1 aromatic carbocycles. The van der Waals surface area contributed by atoms with Crippen LogP contribution in [0.15, 0.2) is 18.2 Å². The summed E-state index contributed by atoms with van der Waals surface area (Å²) in [4.78, 5) is 0. The second-order valence-corrected chi connectivity index (χ2v) is 6.63. The molecule has 0 aromatic heterocycles. The Balaban J connectivity index is 2.13. The van der Waals surface area contributed by atoms with Crippen LogP contribution in [0.2, 0.25) is 10.0 Å². The van der Waals surface area contributed by atoms with E-state index in [-0.39, 0.29) is 6.04 Å². The van der Waals surface area contributed by atoms with E-state index in [4.69, 9.17) is 28.9 Å². The van der Waals surface area contributed by atoms with Gasteiger partial charge in [-0.2, -0.15) is 0 Å². The standard InChI is InChI=1S/C15H21Cl2N/c1-9-3-4-11(5-10(9)2)15(18)12-6-13(16)8-14(17)7-12/h6-11,15H,3-5,18H2,1-2H3. The lowest BCUT2D eigenvalue weighted by molar-refractivity contribution is 0.186. The van der Waals surface area contributed by atoms with Gasteiger partial charge in [0.1, 0.15) is 0 Å². The van der Waals surface area contributed by atoms with Crippen LogP contribution < -0.4 is 5.73 Å². The highest BCUT2D eigenvalue weighted by molar-refractivity contribution is 6.34. The lowest BCUT2D eigenvalue weighted by atomic mass is 9.72. The molecule has 3 heteroatoms. The number of hydrogen-bond donors (Lipinski definition) is 1. The number of rotatable bonds is 2. The van der Waals surface area contributed by atoms with Gasteiger partial charge in [-0.3, -0.25) is 0 Å². The molecule has 1 aliphatic rings. The van der Waals surface area contributed by atoms with Gasteiger partial charge in [-0.15, -0.1) is 0 Å². The number of benzene rings is 1. The summed E-state index contributed by atoms with van der Waals surface area (Å²) in [5.41, 5.74) is 7.47. The van der Waals surface area contributed by atoms with E-state index >= 15 is 0 Å². The van der Waals surface area contributed by atoms with Crippen molar-refractivity contribution in [2.75, 3.05) is 0 Å². The molecule has 0 aliphatic heterocycles. The van der Waals surface area contributed by atoms with Gasteiger partial charge < -0.3 is 5.73 Å². The molecule has 100 valence electrons. The summed E-state index contributed by atoms with van der Waals surface area (Å²) >= 11 is 12.1. The van der Waals surface area contributed by atoms with E-state index in [2.05, 4.69) is 13.8 Å². The predicted molar refractivity (Wildman–Crippen MR) is 79.1 cm³/mol. The maximum atomic E-state index is 6.40. The molecule has 2 rings (SSSR count). The van der Waals surface area contributed by atoms with Crippen molar-refractivity contribution < 1.29 is 0 Å². The second-order valence-electron chi connectivity index (χ2n) is 5.76. The molecule has 2 N–H and O–H groups in total. The molecule has 4 unspecified atom stereocenters. The SMILES string of the molecule is CC1CCC(C(N)c2cc(Cl)cc(Cl)c2)CC1C.